The van der Waals surface area contributed by atoms with Gasteiger partial charge in [0.1, 0.15) is 15.6 Å². The maximum atomic E-state index is 12.2. The Labute approximate surface area is 193 Å². The van der Waals surface area contributed by atoms with Crippen LogP contribution in [-0.2, 0) is 35.1 Å². The molecule has 0 bridgehead atoms. The van der Waals surface area contributed by atoms with E-state index in [0.717, 1.165) is 19.5 Å². The van der Waals surface area contributed by atoms with Gasteiger partial charge in [0.05, 0.1) is 0 Å². The maximum absolute atomic E-state index is 12.2. The number of sulfone groups is 1. The number of hydrogen-bond donors (Lipinski definition) is 1. The number of pyridine rings is 1. The van der Waals surface area contributed by atoms with E-state index in [1.807, 2.05) is 6.92 Å². The van der Waals surface area contributed by atoms with Gasteiger partial charge in [0.15, 0.2) is 9.84 Å². The van der Waals surface area contributed by atoms with E-state index in [2.05, 4.69) is 11.9 Å². The van der Waals surface area contributed by atoms with Crippen molar-refractivity contribution in [2.75, 3.05) is 38.4 Å². The van der Waals surface area contributed by atoms with Gasteiger partial charge in [0.2, 0.25) is 0 Å². The molecular formula is C17H30N2NaO6S2-. The van der Waals surface area contributed by atoms with E-state index in [-0.39, 0.29) is 54.7 Å². The van der Waals surface area contributed by atoms with Crippen LogP contribution in [0.2, 0.25) is 0 Å². The summed E-state index contributed by atoms with van der Waals surface area (Å²) in [5.74, 6) is -0.0174. The molecule has 1 atom stereocenters. The Morgan fingerprint density at radius 3 is 2.43 bits per heavy atom. The molecule has 0 saturated carbocycles. The average Bonchev–Trinajstić information content (AvgIpc) is 2.62. The van der Waals surface area contributed by atoms with Gasteiger partial charge >= 0.3 is 29.6 Å². The quantitative estimate of drug-likeness (QED) is 0.318. The van der Waals surface area contributed by atoms with Crippen LogP contribution < -0.4 is 35.3 Å². The van der Waals surface area contributed by atoms with E-state index in [4.69, 9.17) is 15.2 Å². The molecule has 2 heterocycles. The number of nitrogen functional groups attached to an aromatic ring is 1. The second kappa shape index (κ2) is 13.3. The molecule has 1 fully saturated rings. The van der Waals surface area contributed by atoms with Crippen LogP contribution in [0.1, 0.15) is 46.5 Å². The molecule has 8 nitrogen and oxygen atoms in total. The zero-order valence-electron chi connectivity index (χ0n) is 18.1. The third kappa shape index (κ3) is 7.98. The zero-order chi connectivity index (χ0) is 20.5. The summed E-state index contributed by atoms with van der Waals surface area (Å²) in [7, 11) is -3.46. The largest absolute Gasteiger partial charge is 1.00 e. The minimum absolute atomic E-state index is 0. The Hall–Kier alpha value is -0.0700. The average molecular weight is 446 g/mol. The second-order valence-corrected chi connectivity index (χ2v) is 9.50. The maximum Gasteiger partial charge on any atom is 1.00 e. The van der Waals surface area contributed by atoms with Crippen molar-refractivity contribution in [1.29, 1.82) is 0 Å². The molecule has 0 aromatic carbocycles. The van der Waals surface area contributed by atoms with E-state index >= 15 is 0 Å². The molecule has 1 aliphatic heterocycles. The van der Waals surface area contributed by atoms with Gasteiger partial charge in [0.25, 0.3) is 0 Å². The first-order chi connectivity index (χ1) is 12.7. The van der Waals surface area contributed by atoms with Crippen molar-refractivity contribution < 1.29 is 57.6 Å². The van der Waals surface area contributed by atoms with Crippen LogP contribution in [-0.4, -0.2) is 54.8 Å². The van der Waals surface area contributed by atoms with Crippen molar-refractivity contribution in [2.24, 2.45) is 0 Å². The van der Waals surface area contributed by atoms with Gasteiger partial charge in [-0.3, -0.25) is 4.21 Å². The van der Waals surface area contributed by atoms with Crippen LogP contribution in [0.25, 0.3) is 0 Å². The molecule has 1 aromatic rings. The fraction of sp³-hybridized carbons (Fsp3) is 0.706. The Kier molecular flexibility index (Phi) is 13.2. The number of hydrogen-bond acceptors (Lipinski definition) is 8. The van der Waals surface area contributed by atoms with Crippen LogP contribution in [0.15, 0.2) is 17.2 Å². The number of nitrogens with zero attached hydrogens (tertiary/aromatic N) is 1. The fourth-order valence-corrected chi connectivity index (χ4v) is 4.70. The molecule has 158 valence electrons. The van der Waals surface area contributed by atoms with E-state index in [9.17, 15) is 17.2 Å². The molecule has 1 saturated heterocycles. The molecule has 0 spiro atoms. The van der Waals surface area contributed by atoms with Gasteiger partial charge in [-0.1, -0.05) is 13.3 Å². The number of unbranched alkanes of at least 4 members (excludes halogenated alkanes) is 1. The number of ether oxygens (including phenoxy) is 2. The van der Waals surface area contributed by atoms with E-state index < -0.39 is 25.7 Å². The number of aromatic nitrogens is 1. The van der Waals surface area contributed by atoms with E-state index in [0.29, 0.717) is 18.8 Å². The Bertz CT molecular complexity index is 727. The van der Waals surface area contributed by atoms with Gasteiger partial charge in [-0.05, 0) is 55.0 Å². The summed E-state index contributed by atoms with van der Waals surface area (Å²) < 4.78 is 55.7. The molecule has 0 radical (unpaired) electrons. The summed E-state index contributed by atoms with van der Waals surface area (Å²) in [5.41, 5.74) is 5.95. The predicted molar refractivity (Wildman–Crippen MR) is 105 cm³/mol. The third-order valence-corrected chi connectivity index (χ3v) is 6.99. The smallest absolute Gasteiger partial charge is 1.00 e. The van der Waals surface area contributed by atoms with Gasteiger partial charge < -0.3 is 21.2 Å². The van der Waals surface area contributed by atoms with E-state index in [1.54, 1.807) is 0 Å². The number of nitrogens with two attached hydrogens (primary N) is 1. The monoisotopic (exact) mass is 445 g/mol. The van der Waals surface area contributed by atoms with Crippen LogP contribution in [0.5, 0.6) is 0 Å². The van der Waals surface area contributed by atoms with Crippen molar-refractivity contribution in [2.45, 2.75) is 49.3 Å². The van der Waals surface area contributed by atoms with Crippen molar-refractivity contribution in [3.8, 4) is 0 Å². The number of anilines is 1. The molecule has 11 heteroatoms. The van der Waals surface area contributed by atoms with Crippen LogP contribution in [0, 0.1) is 0 Å². The Balaban J connectivity index is 0. The second-order valence-electron chi connectivity index (χ2n) is 6.28. The summed E-state index contributed by atoms with van der Waals surface area (Å²) in [6.07, 6.45) is 4.11. The normalized spacial score (nSPS) is 17.0. The topological polar surface area (TPSA) is 132 Å². The van der Waals surface area contributed by atoms with E-state index in [1.165, 1.54) is 25.0 Å². The van der Waals surface area contributed by atoms with Gasteiger partial charge in [-0.25, -0.2) is 13.4 Å². The summed E-state index contributed by atoms with van der Waals surface area (Å²) in [5, 5.41) is -0.255. The predicted octanol–water partition coefficient (Wildman–Crippen LogP) is -1.11. The molecular weight excluding hydrogens is 415 g/mol. The minimum Gasteiger partial charge on any atom is -1.00 e. The van der Waals surface area contributed by atoms with Crippen LogP contribution in [0.4, 0.5) is 5.82 Å². The molecule has 2 rings (SSSR count). The minimum atomic E-state index is -3.46. The zero-order valence-corrected chi connectivity index (χ0v) is 20.7. The summed E-state index contributed by atoms with van der Waals surface area (Å²) >= 11 is -2.57. The molecule has 0 amide bonds. The third-order valence-electron chi connectivity index (χ3n) is 4.38. The van der Waals surface area contributed by atoms with Gasteiger partial charge in [-0.15, -0.1) is 0 Å². The van der Waals surface area contributed by atoms with Gasteiger partial charge in [0, 0.05) is 32.7 Å². The molecule has 1 aliphatic rings. The van der Waals surface area contributed by atoms with Crippen molar-refractivity contribution in [3.05, 3.63) is 17.7 Å². The van der Waals surface area contributed by atoms with Crippen molar-refractivity contribution in [1.82, 2.24) is 4.98 Å². The summed E-state index contributed by atoms with van der Waals surface area (Å²) in [6.45, 7) is 6.58. The van der Waals surface area contributed by atoms with Crippen molar-refractivity contribution >= 4 is 26.7 Å². The molecule has 1 aromatic heterocycles. The first kappa shape index (κ1) is 27.9. The molecule has 0 aliphatic carbocycles. The summed E-state index contributed by atoms with van der Waals surface area (Å²) in [6, 6.07) is 2.69. The Morgan fingerprint density at radius 1 is 1.36 bits per heavy atom. The van der Waals surface area contributed by atoms with Gasteiger partial charge in [-0.2, -0.15) is 0 Å². The van der Waals surface area contributed by atoms with Crippen LogP contribution in [0.3, 0.4) is 0 Å². The molecule has 2 N–H and O–H groups in total. The Morgan fingerprint density at radius 2 is 1.96 bits per heavy atom. The summed E-state index contributed by atoms with van der Waals surface area (Å²) in [4.78, 5) is 3.68. The first-order valence-corrected chi connectivity index (χ1v) is 11.9. The SMILES string of the molecule is CCCCOCC.CS(=O)(=O)C1(c2cc(N)nc(S(=O)[O-])c2)CCOCC1.[H-].[Na+]. The first-order valence-electron chi connectivity index (χ1n) is 8.90. The standard InChI is InChI=1S/C11H16N2O5S2.C6H14O.Na.H/c1-20(16,17)11(2-4-18-5-3-11)8-6-9(12)13-10(7-8)19(14)15;1-3-5-6-7-4-2;;/h6-7H,2-5H2,1H3,(H2,12,13)(H,14,15);3-6H2,1-2H3;;/q;;+1;-1/p-1. The fourth-order valence-electron chi connectivity index (χ4n) is 2.84. The molecule has 28 heavy (non-hydrogen) atoms. The van der Waals surface area contributed by atoms with Crippen LogP contribution >= 0.6 is 0 Å². The molecule has 1 unspecified atom stereocenters. The van der Waals surface area contributed by atoms with Crippen molar-refractivity contribution in [3.63, 3.8) is 0 Å². The number of rotatable bonds is 7.